The first-order valence-electron chi connectivity index (χ1n) is 6.59. The summed E-state index contributed by atoms with van der Waals surface area (Å²) in [5.74, 6) is 1.31. The normalized spacial score (nSPS) is 17.2. The highest BCUT2D eigenvalue weighted by molar-refractivity contribution is 5.95. The summed E-state index contributed by atoms with van der Waals surface area (Å²) in [6.45, 7) is 3.37. The van der Waals surface area contributed by atoms with Gasteiger partial charge in [0.05, 0.1) is 19.8 Å². The molecule has 1 aliphatic heterocycles. The second kappa shape index (κ2) is 7.97. The molecule has 2 N–H and O–H groups in total. The van der Waals surface area contributed by atoms with Gasteiger partial charge in [-0.2, -0.15) is 0 Å². The summed E-state index contributed by atoms with van der Waals surface area (Å²) >= 11 is 0. The summed E-state index contributed by atoms with van der Waals surface area (Å²) in [5.41, 5.74) is 0.725. The van der Waals surface area contributed by atoms with Crippen molar-refractivity contribution in [1.29, 1.82) is 0 Å². The minimum atomic E-state index is -0.0855. The van der Waals surface area contributed by atoms with Crippen molar-refractivity contribution in [3.8, 4) is 11.5 Å². The van der Waals surface area contributed by atoms with Crippen molar-refractivity contribution in [2.75, 3.05) is 25.6 Å². The van der Waals surface area contributed by atoms with E-state index in [9.17, 15) is 4.79 Å². The summed E-state index contributed by atoms with van der Waals surface area (Å²) in [6.07, 6.45) is 1.94. The van der Waals surface area contributed by atoms with E-state index in [0.717, 1.165) is 25.1 Å². The summed E-state index contributed by atoms with van der Waals surface area (Å²) in [6, 6.07) is 5.31. The minimum Gasteiger partial charge on any atom is -0.493 e. The maximum absolute atomic E-state index is 12.0. The monoisotopic (exact) mass is 300 g/mol. The number of amides is 1. The van der Waals surface area contributed by atoms with E-state index in [1.54, 1.807) is 19.2 Å². The molecule has 1 aromatic rings. The van der Waals surface area contributed by atoms with Crippen LogP contribution in [0.4, 0.5) is 5.69 Å². The number of methoxy groups -OCH3 is 1. The van der Waals surface area contributed by atoms with Gasteiger partial charge in [-0.05, 0) is 38.4 Å². The Balaban J connectivity index is 0.00000200. The van der Waals surface area contributed by atoms with Crippen LogP contribution >= 0.6 is 12.4 Å². The van der Waals surface area contributed by atoms with Crippen molar-refractivity contribution in [2.24, 2.45) is 0 Å². The molecule has 1 aromatic carbocycles. The Labute approximate surface area is 125 Å². The number of carbonyl (C=O) groups is 1. The first-order valence-corrected chi connectivity index (χ1v) is 6.59. The Morgan fingerprint density at radius 1 is 1.45 bits per heavy atom. The predicted molar refractivity (Wildman–Crippen MR) is 81.1 cm³/mol. The van der Waals surface area contributed by atoms with Gasteiger partial charge in [0.1, 0.15) is 0 Å². The smallest absolute Gasteiger partial charge is 0.241 e. The molecule has 1 fully saturated rings. The average molecular weight is 301 g/mol. The quantitative estimate of drug-likeness (QED) is 0.875. The van der Waals surface area contributed by atoms with Crippen LogP contribution in [0.2, 0.25) is 0 Å². The third-order valence-electron chi connectivity index (χ3n) is 3.11. The number of rotatable bonds is 5. The van der Waals surface area contributed by atoms with Gasteiger partial charge < -0.3 is 20.1 Å². The minimum absolute atomic E-state index is 0. The zero-order chi connectivity index (χ0) is 13.7. The van der Waals surface area contributed by atoms with Gasteiger partial charge in [0.2, 0.25) is 5.91 Å². The van der Waals surface area contributed by atoms with Gasteiger partial charge in [-0.15, -0.1) is 12.4 Å². The number of ether oxygens (including phenoxy) is 2. The fourth-order valence-electron chi connectivity index (χ4n) is 2.16. The lowest BCUT2D eigenvalue weighted by molar-refractivity contribution is -0.117. The van der Waals surface area contributed by atoms with Crippen molar-refractivity contribution in [1.82, 2.24) is 5.32 Å². The number of hydrogen-bond donors (Lipinski definition) is 2. The van der Waals surface area contributed by atoms with Crippen molar-refractivity contribution >= 4 is 24.0 Å². The number of benzene rings is 1. The largest absolute Gasteiger partial charge is 0.493 e. The molecule has 0 saturated carbocycles. The van der Waals surface area contributed by atoms with Crippen LogP contribution in [0.3, 0.4) is 0 Å². The van der Waals surface area contributed by atoms with Gasteiger partial charge in [0.25, 0.3) is 0 Å². The highest BCUT2D eigenvalue weighted by Gasteiger charge is 2.22. The molecule has 0 aromatic heterocycles. The zero-order valence-electron chi connectivity index (χ0n) is 11.8. The summed E-state index contributed by atoms with van der Waals surface area (Å²) in [5, 5.41) is 6.07. The summed E-state index contributed by atoms with van der Waals surface area (Å²) in [4.78, 5) is 12.0. The van der Waals surface area contributed by atoms with Gasteiger partial charge in [-0.25, -0.2) is 0 Å². The molecular formula is C14H21ClN2O3. The first-order chi connectivity index (χ1) is 9.24. The predicted octanol–water partition coefficient (Wildman–Crippen LogP) is 2.21. The second-order valence-electron chi connectivity index (χ2n) is 4.44. The zero-order valence-corrected chi connectivity index (χ0v) is 12.6. The molecule has 20 heavy (non-hydrogen) atoms. The van der Waals surface area contributed by atoms with Gasteiger partial charge in [-0.3, -0.25) is 4.79 Å². The van der Waals surface area contributed by atoms with Crippen LogP contribution in [-0.2, 0) is 4.79 Å². The van der Waals surface area contributed by atoms with E-state index in [4.69, 9.17) is 9.47 Å². The molecule has 1 saturated heterocycles. The van der Waals surface area contributed by atoms with Crippen LogP contribution in [-0.4, -0.2) is 32.2 Å². The highest BCUT2D eigenvalue weighted by Crippen LogP contribution is 2.30. The molecule has 5 nitrogen and oxygen atoms in total. The first kappa shape index (κ1) is 16.6. The van der Waals surface area contributed by atoms with E-state index in [1.807, 2.05) is 13.0 Å². The van der Waals surface area contributed by atoms with Gasteiger partial charge in [0, 0.05) is 11.8 Å². The molecule has 112 valence electrons. The number of carbonyl (C=O) groups excluding carboxylic acids is 1. The van der Waals surface area contributed by atoms with Crippen LogP contribution < -0.4 is 20.1 Å². The Kier molecular flexibility index (Phi) is 6.61. The molecule has 0 bridgehead atoms. The third-order valence-corrected chi connectivity index (χ3v) is 3.11. The molecule has 1 heterocycles. The fraction of sp³-hybridized carbons (Fsp3) is 0.500. The van der Waals surface area contributed by atoms with Crippen LogP contribution in [0.15, 0.2) is 18.2 Å². The summed E-state index contributed by atoms with van der Waals surface area (Å²) < 4.78 is 10.7. The molecule has 1 atom stereocenters. The number of halogens is 1. The van der Waals surface area contributed by atoms with Crippen LogP contribution in [0, 0.1) is 0 Å². The third kappa shape index (κ3) is 4.02. The van der Waals surface area contributed by atoms with Gasteiger partial charge in [-0.1, -0.05) is 0 Å². The molecule has 0 radical (unpaired) electrons. The Morgan fingerprint density at radius 3 is 2.85 bits per heavy atom. The number of hydrogen-bond acceptors (Lipinski definition) is 4. The molecule has 1 aliphatic rings. The Hall–Kier alpha value is -1.46. The average Bonchev–Trinajstić information content (AvgIpc) is 2.93. The molecule has 0 spiro atoms. The van der Waals surface area contributed by atoms with Crippen LogP contribution in [0.25, 0.3) is 0 Å². The molecule has 0 unspecified atom stereocenters. The van der Waals surface area contributed by atoms with Crippen LogP contribution in [0.5, 0.6) is 11.5 Å². The van der Waals surface area contributed by atoms with E-state index < -0.39 is 0 Å². The maximum Gasteiger partial charge on any atom is 0.241 e. The van der Waals surface area contributed by atoms with Crippen molar-refractivity contribution in [3.05, 3.63) is 18.2 Å². The lowest BCUT2D eigenvalue weighted by atomic mass is 10.2. The van der Waals surface area contributed by atoms with E-state index in [2.05, 4.69) is 10.6 Å². The highest BCUT2D eigenvalue weighted by atomic mass is 35.5. The number of nitrogens with one attached hydrogen (secondary N) is 2. The van der Waals surface area contributed by atoms with Crippen LogP contribution in [0.1, 0.15) is 19.8 Å². The lowest BCUT2D eigenvalue weighted by Gasteiger charge is -2.14. The second-order valence-corrected chi connectivity index (χ2v) is 4.44. The van der Waals surface area contributed by atoms with Crippen molar-refractivity contribution in [2.45, 2.75) is 25.8 Å². The number of anilines is 1. The standard InChI is InChI=1S/C14H20N2O3.ClH/c1-3-19-13-9-10(6-7-12(13)18-2)16-14(17)11-5-4-8-15-11;/h6-7,9,11,15H,3-5,8H2,1-2H3,(H,16,17);1H/t11-;/m0./s1. The van der Waals surface area contributed by atoms with Gasteiger partial charge >= 0.3 is 0 Å². The topological polar surface area (TPSA) is 59.6 Å². The van der Waals surface area contributed by atoms with E-state index >= 15 is 0 Å². The Bertz CT molecular complexity index is 448. The van der Waals surface area contributed by atoms with E-state index in [1.165, 1.54) is 0 Å². The van der Waals surface area contributed by atoms with Gasteiger partial charge in [0.15, 0.2) is 11.5 Å². The van der Waals surface area contributed by atoms with E-state index in [-0.39, 0.29) is 24.4 Å². The molecule has 2 rings (SSSR count). The lowest BCUT2D eigenvalue weighted by Crippen LogP contribution is -2.35. The maximum atomic E-state index is 12.0. The van der Waals surface area contributed by atoms with Crippen molar-refractivity contribution in [3.63, 3.8) is 0 Å². The van der Waals surface area contributed by atoms with E-state index in [0.29, 0.717) is 18.1 Å². The SMILES string of the molecule is CCOc1cc(NC(=O)[C@@H]2CCCN2)ccc1OC.Cl. The molecular weight excluding hydrogens is 280 g/mol. The summed E-state index contributed by atoms with van der Waals surface area (Å²) in [7, 11) is 1.60. The fourth-order valence-corrected chi connectivity index (χ4v) is 2.16. The Morgan fingerprint density at radius 2 is 2.25 bits per heavy atom. The van der Waals surface area contributed by atoms with Crippen molar-refractivity contribution < 1.29 is 14.3 Å². The molecule has 6 heteroatoms. The molecule has 1 amide bonds. The molecule has 0 aliphatic carbocycles.